The first-order chi connectivity index (χ1) is 15.0. The van der Waals surface area contributed by atoms with Crippen LogP contribution in [0.4, 0.5) is 0 Å². The summed E-state index contributed by atoms with van der Waals surface area (Å²) >= 11 is 12.4. The molecule has 0 bridgehead atoms. The summed E-state index contributed by atoms with van der Waals surface area (Å²) in [5, 5.41) is 12.1. The number of benzene rings is 1. The van der Waals surface area contributed by atoms with E-state index >= 15 is 0 Å². The standard InChI is InChI=1S/C22H23Cl2N5O2/c1-14-10-20(27-26-14)22(30)28-25-13-17-3-2-16(21(17)29-6-8-31-9-7-29)11-15-4-5-18(23)12-19(15)24/h4-5,10-13H,2-3,6-9H2,1H3,(H,26,27)(H,28,30)/b16-11-,25-13+. The van der Waals surface area contributed by atoms with Crippen molar-refractivity contribution in [3.8, 4) is 0 Å². The molecule has 1 fully saturated rings. The van der Waals surface area contributed by atoms with Gasteiger partial charge in [-0.3, -0.25) is 9.89 Å². The summed E-state index contributed by atoms with van der Waals surface area (Å²) in [6, 6.07) is 7.18. The van der Waals surface area contributed by atoms with Gasteiger partial charge in [0, 0.05) is 34.5 Å². The van der Waals surface area contributed by atoms with Gasteiger partial charge in [0.15, 0.2) is 5.69 Å². The number of ether oxygens (including phenoxy) is 1. The maximum absolute atomic E-state index is 12.2. The predicted octanol–water partition coefficient (Wildman–Crippen LogP) is 4.20. The number of aryl methyl sites for hydroxylation is 1. The smallest absolute Gasteiger partial charge is 0.291 e. The average Bonchev–Trinajstić information content (AvgIpc) is 3.37. The van der Waals surface area contributed by atoms with E-state index in [-0.39, 0.29) is 5.91 Å². The third-order valence-corrected chi connectivity index (χ3v) is 5.78. The number of carbonyl (C=O) groups excluding carboxylic acids is 1. The number of nitrogens with one attached hydrogen (secondary N) is 2. The van der Waals surface area contributed by atoms with E-state index in [1.807, 2.05) is 19.1 Å². The minimum Gasteiger partial charge on any atom is -0.378 e. The molecule has 7 nitrogen and oxygen atoms in total. The van der Waals surface area contributed by atoms with Crippen molar-refractivity contribution < 1.29 is 9.53 Å². The fourth-order valence-electron chi connectivity index (χ4n) is 3.74. The third-order valence-electron chi connectivity index (χ3n) is 5.22. The Morgan fingerprint density at radius 1 is 1.26 bits per heavy atom. The Hall–Kier alpha value is -2.61. The van der Waals surface area contributed by atoms with Gasteiger partial charge in [0.25, 0.3) is 5.91 Å². The number of nitrogens with zero attached hydrogens (tertiary/aromatic N) is 3. The van der Waals surface area contributed by atoms with Crippen molar-refractivity contribution in [1.82, 2.24) is 20.5 Å². The highest BCUT2D eigenvalue weighted by Crippen LogP contribution is 2.36. The van der Waals surface area contributed by atoms with Gasteiger partial charge in [0.2, 0.25) is 0 Å². The fraction of sp³-hybridized carbons (Fsp3) is 0.318. The number of halogens is 2. The van der Waals surface area contributed by atoms with Crippen LogP contribution in [0.15, 0.2) is 46.2 Å². The minimum absolute atomic E-state index is 0.307. The summed E-state index contributed by atoms with van der Waals surface area (Å²) in [7, 11) is 0. The molecule has 0 spiro atoms. The number of amides is 1. The number of allylic oxidation sites excluding steroid dienone is 2. The molecular formula is C22H23Cl2N5O2. The monoisotopic (exact) mass is 459 g/mol. The number of hydrazone groups is 1. The first-order valence-corrected chi connectivity index (χ1v) is 10.8. The Kier molecular flexibility index (Phi) is 6.75. The molecule has 4 rings (SSSR count). The average molecular weight is 460 g/mol. The van der Waals surface area contributed by atoms with E-state index in [4.69, 9.17) is 27.9 Å². The van der Waals surface area contributed by atoms with E-state index in [1.165, 1.54) is 5.57 Å². The number of aromatic nitrogens is 2. The molecule has 2 aromatic rings. The van der Waals surface area contributed by atoms with Gasteiger partial charge in [0.05, 0.1) is 19.4 Å². The topological polar surface area (TPSA) is 82.6 Å². The SMILES string of the molecule is Cc1cc(C(=O)N/N=C/C2=C(N3CCOCC3)C(=C\c3ccc(Cl)cc3Cl)/CC2)n[nH]1. The Morgan fingerprint density at radius 2 is 2.06 bits per heavy atom. The molecule has 2 heterocycles. The lowest BCUT2D eigenvalue weighted by molar-refractivity contribution is 0.0548. The van der Waals surface area contributed by atoms with Gasteiger partial charge in [-0.2, -0.15) is 10.2 Å². The highest BCUT2D eigenvalue weighted by molar-refractivity contribution is 6.35. The van der Waals surface area contributed by atoms with Gasteiger partial charge in [-0.05, 0) is 60.8 Å². The molecule has 1 aliphatic heterocycles. The summed E-state index contributed by atoms with van der Waals surface area (Å²) in [5.74, 6) is -0.351. The molecule has 2 aliphatic rings. The first kappa shape index (κ1) is 21.6. The zero-order valence-electron chi connectivity index (χ0n) is 17.1. The number of carbonyl (C=O) groups is 1. The largest absolute Gasteiger partial charge is 0.378 e. The van der Waals surface area contributed by atoms with Crippen molar-refractivity contribution in [2.24, 2.45) is 5.10 Å². The van der Waals surface area contributed by atoms with Crippen LogP contribution >= 0.6 is 23.2 Å². The predicted molar refractivity (Wildman–Crippen MR) is 122 cm³/mol. The second-order valence-electron chi connectivity index (χ2n) is 7.44. The summed E-state index contributed by atoms with van der Waals surface area (Å²) in [4.78, 5) is 14.5. The molecule has 1 aromatic heterocycles. The second kappa shape index (κ2) is 9.68. The third kappa shape index (κ3) is 5.18. The van der Waals surface area contributed by atoms with Crippen LogP contribution in [-0.4, -0.2) is 53.5 Å². The van der Waals surface area contributed by atoms with Crippen molar-refractivity contribution in [2.45, 2.75) is 19.8 Å². The summed E-state index contributed by atoms with van der Waals surface area (Å²) in [6.45, 7) is 4.80. The lowest BCUT2D eigenvalue weighted by atomic mass is 10.1. The number of H-pyrrole nitrogens is 1. The molecule has 0 radical (unpaired) electrons. The molecule has 1 amide bonds. The van der Waals surface area contributed by atoms with Crippen LogP contribution in [0.3, 0.4) is 0 Å². The number of hydrogen-bond acceptors (Lipinski definition) is 5. The van der Waals surface area contributed by atoms with E-state index in [2.05, 4.69) is 31.7 Å². The van der Waals surface area contributed by atoms with Gasteiger partial charge in [0.1, 0.15) is 0 Å². The first-order valence-electron chi connectivity index (χ1n) is 10.1. The van der Waals surface area contributed by atoms with E-state index < -0.39 is 0 Å². The van der Waals surface area contributed by atoms with Crippen molar-refractivity contribution in [3.05, 3.63) is 68.1 Å². The molecule has 0 saturated carbocycles. The van der Waals surface area contributed by atoms with Crippen LogP contribution in [0.5, 0.6) is 0 Å². The van der Waals surface area contributed by atoms with Crippen LogP contribution in [0, 0.1) is 6.92 Å². The molecule has 0 atom stereocenters. The molecule has 1 aromatic carbocycles. The molecular weight excluding hydrogens is 437 g/mol. The molecule has 162 valence electrons. The lowest BCUT2D eigenvalue weighted by Crippen LogP contribution is -2.36. The summed E-state index contributed by atoms with van der Waals surface area (Å²) in [6.07, 6.45) is 5.52. The van der Waals surface area contributed by atoms with Crippen LogP contribution in [-0.2, 0) is 4.74 Å². The molecule has 31 heavy (non-hydrogen) atoms. The maximum atomic E-state index is 12.2. The molecule has 0 unspecified atom stereocenters. The second-order valence-corrected chi connectivity index (χ2v) is 8.29. The van der Waals surface area contributed by atoms with Gasteiger partial charge >= 0.3 is 0 Å². The van der Waals surface area contributed by atoms with Crippen molar-refractivity contribution in [2.75, 3.05) is 26.3 Å². The van der Waals surface area contributed by atoms with Gasteiger partial charge in [-0.25, -0.2) is 5.43 Å². The van der Waals surface area contributed by atoms with Crippen LogP contribution in [0.1, 0.15) is 34.6 Å². The normalized spacial score (nSPS) is 18.4. The highest BCUT2D eigenvalue weighted by atomic mass is 35.5. The Labute approximate surface area is 190 Å². The van der Waals surface area contributed by atoms with Crippen molar-refractivity contribution >= 4 is 41.4 Å². The number of hydrogen-bond donors (Lipinski definition) is 2. The lowest BCUT2D eigenvalue weighted by Gasteiger charge is -2.31. The number of rotatable bonds is 5. The van der Waals surface area contributed by atoms with Gasteiger partial charge < -0.3 is 9.64 Å². The highest BCUT2D eigenvalue weighted by Gasteiger charge is 2.25. The minimum atomic E-state index is -0.351. The quantitative estimate of drug-likeness (QED) is 0.518. The van der Waals surface area contributed by atoms with Crippen molar-refractivity contribution in [3.63, 3.8) is 0 Å². The van der Waals surface area contributed by atoms with Crippen LogP contribution in [0.2, 0.25) is 10.0 Å². The molecule has 1 saturated heterocycles. The Morgan fingerprint density at radius 3 is 2.77 bits per heavy atom. The number of morpholine rings is 1. The molecule has 2 N–H and O–H groups in total. The zero-order valence-corrected chi connectivity index (χ0v) is 18.6. The number of aromatic amines is 1. The van der Waals surface area contributed by atoms with Crippen molar-refractivity contribution in [1.29, 1.82) is 0 Å². The van der Waals surface area contributed by atoms with E-state index in [0.29, 0.717) is 29.0 Å². The Balaban J connectivity index is 1.59. The van der Waals surface area contributed by atoms with Gasteiger partial charge in [-0.15, -0.1) is 0 Å². The van der Waals surface area contributed by atoms with E-state index in [0.717, 1.165) is 48.5 Å². The van der Waals surface area contributed by atoms with Crippen LogP contribution < -0.4 is 5.43 Å². The zero-order chi connectivity index (χ0) is 21.8. The van der Waals surface area contributed by atoms with Gasteiger partial charge in [-0.1, -0.05) is 29.3 Å². The van der Waals surface area contributed by atoms with Crippen LogP contribution in [0.25, 0.3) is 6.08 Å². The molecule has 1 aliphatic carbocycles. The fourth-order valence-corrected chi connectivity index (χ4v) is 4.20. The molecule has 9 heteroatoms. The summed E-state index contributed by atoms with van der Waals surface area (Å²) in [5.41, 5.74) is 7.98. The Bertz CT molecular complexity index is 1070. The summed E-state index contributed by atoms with van der Waals surface area (Å²) < 4.78 is 5.52. The van der Waals surface area contributed by atoms with E-state index in [1.54, 1.807) is 18.3 Å². The maximum Gasteiger partial charge on any atom is 0.291 e. The van der Waals surface area contributed by atoms with E-state index in [9.17, 15) is 4.79 Å².